The number of likely N-dealkylation sites (tertiary alicyclic amines) is 1. The van der Waals surface area contributed by atoms with E-state index in [1.54, 1.807) is 12.0 Å². The molecule has 2 amide bonds. The maximum atomic E-state index is 12.4. The fraction of sp³-hybridized carbons (Fsp3) is 0.867. The van der Waals surface area contributed by atoms with Crippen LogP contribution in [0.5, 0.6) is 0 Å². The minimum absolute atomic E-state index is 0.00798. The quantitative estimate of drug-likeness (QED) is 0.729. The molecule has 0 radical (unpaired) electrons. The molecular weight excluding hydrogens is 270 g/mol. The topological polar surface area (TPSA) is 84.7 Å². The SMILES string of the molecule is COCCN1CC(C(=O)NC2CCCCC2CN)CC1=O. The minimum Gasteiger partial charge on any atom is -0.383 e. The molecule has 1 aliphatic heterocycles. The van der Waals surface area contributed by atoms with Gasteiger partial charge in [0.15, 0.2) is 0 Å². The van der Waals surface area contributed by atoms with Crippen LogP contribution in [0.3, 0.4) is 0 Å². The molecule has 1 saturated heterocycles. The highest BCUT2D eigenvalue weighted by molar-refractivity contribution is 5.89. The van der Waals surface area contributed by atoms with Crippen molar-refractivity contribution in [3.05, 3.63) is 0 Å². The first kappa shape index (κ1) is 16.2. The summed E-state index contributed by atoms with van der Waals surface area (Å²) in [5.74, 6) is 0.207. The number of hydrogen-bond donors (Lipinski definition) is 2. The summed E-state index contributed by atoms with van der Waals surface area (Å²) in [6.45, 7) is 2.20. The van der Waals surface area contributed by atoms with Crippen molar-refractivity contribution in [2.24, 2.45) is 17.6 Å². The van der Waals surface area contributed by atoms with Crippen LogP contribution in [0.4, 0.5) is 0 Å². The Morgan fingerprint density at radius 2 is 2.19 bits per heavy atom. The number of amides is 2. The maximum Gasteiger partial charge on any atom is 0.225 e. The molecule has 3 unspecified atom stereocenters. The Kier molecular flexibility index (Phi) is 5.99. The molecule has 0 aromatic heterocycles. The summed E-state index contributed by atoms with van der Waals surface area (Å²) in [6, 6.07) is 0.180. The van der Waals surface area contributed by atoms with E-state index in [9.17, 15) is 9.59 Å². The van der Waals surface area contributed by atoms with Crippen LogP contribution >= 0.6 is 0 Å². The van der Waals surface area contributed by atoms with Gasteiger partial charge >= 0.3 is 0 Å². The first-order valence-electron chi connectivity index (χ1n) is 7.92. The predicted octanol–water partition coefficient (Wildman–Crippen LogP) is 0.115. The van der Waals surface area contributed by atoms with E-state index in [1.807, 2.05) is 0 Å². The fourth-order valence-corrected chi connectivity index (χ4v) is 3.35. The highest BCUT2D eigenvalue weighted by atomic mass is 16.5. The number of ether oxygens (including phenoxy) is 1. The van der Waals surface area contributed by atoms with Gasteiger partial charge in [0.1, 0.15) is 0 Å². The molecule has 120 valence electrons. The fourth-order valence-electron chi connectivity index (χ4n) is 3.35. The van der Waals surface area contributed by atoms with Gasteiger partial charge in [0.25, 0.3) is 0 Å². The molecule has 0 aromatic rings. The minimum atomic E-state index is -0.227. The first-order chi connectivity index (χ1) is 10.2. The molecule has 6 nitrogen and oxygen atoms in total. The third kappa shape index (κ3) is 4.17. The van der Waals surface area contributed by atoms with E-state index in [0.29, 0.717) is 38.6 Å². The molecule has 0 bridgehead atoms. The van der Waals surface area contributed by atoms with Gasteiger partial charge in [-0.05, 0) is 25.3 Å². The second kappa shape index (κ2) is 7.75. The van der Waals surface area contributed by atoms with E-state index >= 15 is 0 Å². The van der Waals surface area contributed by atoms with E-state index in [0.717, 1.165) is 19.3 Å². The lowest BCUT2D eigenvalue weighted by Gasteiger charge is -2.32. The lowest BCUT2D eigenvalue weighted by Crippen LogP contribution is -2.47. The van der Waals surface area contributed by atoms with Gasteiger partial charge in [0.2, 0.25) is 11.8 Å². The van der Waals surface area contributed by atoms with E-state index < -0.39 is 0 Å². The molecular formula is C15H27N3O3. The van der Waals surface area contributed by atoms with Crippen molar-refractivity contribution < 1.29 is 14.3 Å². The Balaban J connectivity index is 1.84. The van der Waals surface area contributed by atoms with Gasteiger partial charge in [0.05, 0.1) is 12.5 Å². The Morgan fingerprint density at radius 1 is 1.43 bits per heavy atom. The second-order valence-electron chi connectivity index (χ2n) is 6.13. The molecule has 0 aromatic carbocycles. The van der Waals surface area contributed by atoms with Crippen molar-refractivity contribution in [2.75, 3.05) is 33.4 Å². The highest BCUT2D eigenvalue weighted by Gasteiger charge is 2.35. The zero-order chi connectivity index (χ0) is 15.2. The Hall–Kier alpha value is -1.14. The van der Waals surface area contributed by atoms with Gasteiger partial charge < -0.3 is 20.7 Å². The van der Waals surface area contributed by atoms with Gasteiger partial charge in [-0.3, -0.25) is 9.59 Å². The Morgan fingerprint density at radius 3 is 2.90 bits per heavy atom. The third-order valence-electron chi connectivity index (χ3n) is 4.69. The monoisotopic (exact) mass is 297 g/mol. The van der Waals surface area contributed by atoms with E-state index in [2.05, 4.69) is 5.32 Å². The van der Waals surface area contributed by atoms with Crippen LogP contribution in [-0.4, -0.2) is 56.1 Å². The molecule has 2 fully saturated rings. The molecule has 1 heterocycles. The van der Waals surface area contributed by atoms with Crippen molar-refractivity contribution in [1.29, 1.82) is 0 Å². The van der Waals surface area contributed by atoms with Gasteiger partial charge in [-0.15, -0.1) is 0 Å². The zero-order valence-corrected chi connectivity index (χ0v) is 12.8. The Labute approximate surface area is 126 Å². The Bertz CT molecular complexity index is 375. The van der Waals surface area contributed by atoms with E-state index in [-0.39, 0.29) is 23.8 Å². The first-order valence-corrected chi connectivity index (χ1v) is 7.92. The summed E-state index contributed by atoms with van der Waals surface area (Å²) < 4.78 is 4.99. The van der Waals surface area contributed by atoms with Crippen LogP contribution in [0.1, 0.15) is 32.1 Å². The van der Waals surface area contributed by atoms with E-state index in [4.69, 9.17) is 10.5 Å². The second-order valence-corrected chi connectivity index (χ2v) is 6.13. The van der Waals surface area contributed by atoms with E-state index in [1.165, 1.54) is 6.42 Å². The van der Waals surface area contributed by atoms with Crippen LogP contribution in [0.25, 0.3) is 0 Å². The van der Waals surface area contributed by atoms with Crippen molar-refractivity contribution in [2.45, 2.75) is 38.1 Å². The highest BCUT2D eigenvalue weighted by Crippen LogP contribution is 2.25. The molecule has 1 saturated carbocycles. The standard InChI is InChI=1S/C15H27N3O3/c1-21-7-6-18-10-12(8-14(18)19)15(20)17-13-5-3-2-4-11(13)9-16/h11-13H,2-10,16H2,1H3,(H,17,20). The largest absolute Gasteiger partial charge is 0.383 e. The van der Waals surface area contributed by atoms with Crippen LogP contribution < -0.4 is 11.1 Å². The molecule has 3 N–H and O–H groups in total. The number of nitrogens with one attached hydrogen (secondary N) is 1. The van der Waals surface area contributed by atoms with Crippen molar-refractivity contribution >= 4 is 11.8 Å². The van der Waals surface area contributed by atoms with Gasteiger partial charge in [-0.25, -0.2) is 0 Å². The lowest BCUT2D eigenvalue weighted by molar-refractivity contribution is -0.129. The van der Waals surface area contributed by atoms with Crippen molar-refractivity contribution in [3.63, 3.8) is 0 Å². The van der Waals surface area contributed by atoms with Crippen LogP contribution in [-0.2, 0) is 14.3 Å². The summed E-state index contributed by atoms with van der Waals surface area (Å²) in [5, 5.41) is 3.13. The smallest absolute Gasteiger partial charge is 0.225 e. The average molecular weight is 297 g/mol. The third-order valence-corrected chi connectivity index (χ3v) is 4.69. The lowest BCUT2D eigenvalue weighted by atomic mass is 9.84. The number of nitrogens with two attached hydrogens (primary N) is 1. The number of methoxy groups -OCH3 is 1. The summed E-state index contributed by atoms with van der Waals surface area (Å²) in [7, 11) is 1.61. The van der Waals surface area contributed by atoms with Gasteiger partial charge in [-0.2, -0.15) is 0 Å². The summed E-state index contributed by atoms with van der Waals surface area (Å²) >= 11 is 0. The molecule has 1 aliphatic carbocycles. The van der Waals surface area contributed by atoms with Crippen LogP contribution in [0, 0.1) is 11.8 Å². The van der Waals surface area contributed by atoms with Gasteiger partial charge in [0, 0.05) is 32.7 Å². The molecule has 3 atom stereocenters. The number of hydrogen-bond acceptors (Lipinski definition) is 4. The maximum absolute atomic E-state index is 12.4. The van der Waals surface area contributed by atoms with Crippen molar-refractivity contribution in [1.82, 2.24) is 10.2 Å². The summed E-state index contributed by atoms with van der Waals surface area (Å²) in [5.41, 5.74) is 5.79. The number of nitrogens with zero attached hydrogens (tertiary/aromatic N) is 1. The normalized spacial score (nSPS) is 29.7. The predicted molar refractivity (Wildman–Crippen MR) is 79.5 cm³/mol. The van der Waals surface area contributed by atoms with Crippen LogP contribution in [0.15, 0.2) is 0 Å². The number of rotatable bonds is 6. The summed E-state index contributed by atoms with van der Waals surface area (Å²) in [4.78, 5) is 26.0. The molecule has 2 aliphatic rings. The molecule has 0 spiro atoms. The zero-order valence-electron chi connectivity index (χ0n) is 12.8. The van der Waals surface area contributed by atoms with Crippen molar-refractivity contribution in [3.8, 4) is 0 Å². The number of carbonyl (C=O) groups excluding carboxylic acids is 2. The summed E-state index contributed by atoms with van der Waals surface area (Å²) in [6.07, 6.45) is 4.74. The molecule has 2 rings (SSSR count). The average Bonchev–Trinajstić information content (AvgIpc) is 2.87. The van der Waals surface area contributed by atoms with Gasteiger partial charge in [-0.1, -0.05) is 12.8 Å². The van der Waals surface area contributed by atoms with Crippen LogP contribution in [0.2, 0.25) is 0 Å². The number of carbonyl (C=O) groups is 2. The molecule has 21 heavy (non-hydrogen) atoms. The molecule has 6 heteroatoms.